The summed E-state index contributed by atoms with van der Waals surface area (Å²) in [5, 5.41) is 0. The van der Waals surface area contributed by atoms with Gasteiger partial charge in [-0.3, -0.25) is 33.6 Å². The Morgan fingerprint density at radius 1 is 1.06 bits per heavy atom. The Labute approximate surface area is 282 Å². The van der Waals surface area contributed by atoms with Gasteiger partial charge in [-0.25, -0.2) is 0 Å². The molecule has 7 rings (SSSR count). The van der Waals surface area contributed by atoms with Crippen molar-refractivity contribution in [3.8, 4) is 0 Å². The van der Waals surface area contributed by atoms with Gasteiger partial charge in [0.2, 0.25) is 11.6 Å². The summed E-state index contributed by atoms with van der Waals surface area (Å²) in [4.78, 5) is 92.6. The number of cyclic esters (lactones) is 1. The predicted molar refractivity (Wildman–Crippen MR) is 165 cm³/mol. The van der Waals surface area contributed by atoms with E-state index in [4.69, 9.17) is 23.7 Å². The Morgan fingerprint density at radius 3 is 2.53 bits per heavy atom. The fraction of sp³-hybridized carbons (Fsp3) is 0.583. The second-order valence-electron chi connectivity index (χ2n) is 14.9. The molecule has 2 aliphatic heterocycles. The van der Waals surface area contributed by atoms with Gasteiger partial charge < -0.3 is 28.3 Å². The lowest BCUT2D eigenvalue weighted by atomic mass is 9.43. The number of fused-ring (bicyclic) bond motifs is 2. The van der Waals surface area contributed by atoms with Crippen molar-refractivity contribution in [2.75, 3.05) is 13.7 Å². The van der Waals surface area contributed by atoms with Crippen molar-refractivity contribution in [1.29, 1.82) is 0 Å². The van der Waals surface area contributed by atoms with Crippen LogP contribution in [-0.2, 0) is 61.3 Å². The van der Waals surface area contributed by atoms with Gasteiger partial charge in [0.05, 0.1) is 24.0 Å². The fourth-order valence-electron chi connectivity index (χ4n) is 9.97. The van der Waals surface area contributed by atoms with Crippen LogP contribution in [0.5, 0.6) is 0 Å². The summed E-state index contributed by atoms with van der Waals surface area (Å²) in [5.41, 5.74) is -2.36. The molecule has 6 aliphatic rings. The SMILES string of the molecule is C=C1C(=O)[C@@]23C(=O)O[C@H]4CCC(C)(C)C5C(=O)OC[C@]54[C@H]2CC[C@@H]1[C@H]3OC(=O)CCCC(=O)OCc1cn(C)c2c1C(=O)C(OC)=CC2=O. The molecule has 0 radical (unpaired) electrons. The Bertz CT molecular complexity index is 1780. The van der Waals surface area contributed by atoms with Gasteiger partial charge in [0.1, 0.15) is 31.1 Å². The zero-order chi connectivity index (χ0) is 35.2. The van der Waals surface area contributed by atoms with Gasteiger partial charge in [-0.1, -0.05) is 20.4 Å². The van der Waals surface area contributed by atoms with Crippen LogP contribution in [0.2, 0.25) is 0 Å². The maximum absolute atomic E-state index is 14.1. The normalized spacial score (nSPS) is 33.8. The van der Waals surface area contributed by atoms with Crippen molar-refractivity contribution in [1.82, 2.24) is 4.57 Å². The van der Waals surface area contributed by atoms with E-state index in [1.165, 1.54) is 11.7 Å². The number of ketones is 3. The first-order valence-electron chi connectivity index (χ1n) is 16.7. The van der Waals surface area contributed by atoms with Crippen LogP contribution >= 0.6 is 0 Å². The van der Waals surface area contributed by atoms with Crippen LogP contribution in [-0.4, -0.2) is 71.7 Å². The van der Waals surface area contributed by atoms with Gasteiger partial charge in [-0.15, -0.1) is 0 Å². The molecular weight excluding hydrogens is 638 g/mol. The first-order chi connectivity index (χ1) is 23.2. The van der Waals surface area contributed by atoms with Crippen LogP contribution in [0.4, 0.5) is 0 Å². The van der Waals surface area contributed by atoms with E-state index in [1.807, 2.05) is 13.8 Å². The second kappa shape index (κ2) is 11.2. The number of hydrogen-bond donors (Lipinski definition) is 0. The van der Waals surface area contributed by atoms with Crippen molar-refractivity contribution in [3.63, 3.8) is 0 Å². The van der Waals surface area contributed by atoms with Gasteiger partial charge in [0.25, 0.3) is 0 Å². The van der Waals surface area contributed by atoms with E-state index < -0.39 is 81.5 Å². The number of aromatic nitrogens is 1. The summed E-state index contributed by atoms with van der Waals surface area (Å²) in [5.74, 6) is -5.74. The third-order valence-corrected chi connectivity index (χ3v) is 12.0. The van der Waals surface area contributed by atoms with E-state index in [0.717, 1.165) is 6.08 Å². The molecule has 7 atom stereocenters. The van der Waals surface area contributed by atoms with Crippen LogP contribution in [0.1, 0.15) is 85.2 Å². The molecule has 1 aromatic rings. The van der Waals surface area contributed by atoms with Crippen LogP contribution in [0.15, 0.2) is 30.2 Å². The molecule has 3 saturated carbocycles. The third-order valence-electron chi connectivity index (χ3n) is 12.0. The van der Waals surface area contributed by atoms with Crippen molar-refractivity contribution in [2.24, 2.45) is 41.0 Å². The quantitative estimate of drug-likeness (QED) is 0.171. The lowest BCUT2D eigenvalue weighted by molar-refractivity contribution is -0.247. The van der Waals surface area contributed by atoms with E-state index in [0.29, 0.717) is 31.2 Å². The molecule has 0 N–H and O–H groups in total. The summed E-state index contributed by atoms with van der Waals surface area (Å²) in [6.07, 6.45) is 2.69. The van der Waals surface area contributed by atoms with Crippen molar-refractivity contribution < 1.29 is 57.2 Å². The highest BCUT2D eigenvalue weighted by atomic mass is 16.6. The lowest BCUT2D eigenvalue weighted by Gasteiger charge is -2.61. The smallest absolute Gasteiger partial charge is 0.324 e. The molecule has 49 heavy (non-hydrogen) atoms. The summed E-state index contributed by atoms with van der Waals surface area (Å²) >= 11 is 0. The van der Waals surface area contributed by atoms with Crippen molar-refractivity contribution in [2.45, 2.75) is 77.6 Å². The Kier molecular flexibility index (Phi) is 7.57. The Hall–Kier alpha value is -4.55. The fourth-order valence-corrected chi connectivity index (χ4v) is 9.97. The van der Waals surface area contributed by atoms with Gasteiger partial charge in [-0.05, 0) is 49.0 Å². The summed E-state index contributed by atoms with van der Waals surface area (Å²) in [6.45, 7) is 7.76. The average molecular weight is 678 g/mol. The molecule has 1 aromatic heterocycles. The standard InChI is InChI=1S/C36H39NO12/c1-17-19-9-10-22-35-16-47-32(43)29(35)34(2,3)12-11-23(35)48-33(44)36(22,30(17)42)31(19)49-25(40)8-6-7-24(39)46-15-18-14-37(4)27-20(38)13-21(45-5)28(41)26(18)27/h13-14,19,22-23,29,31H,1,6-12,15-16H2,2-5H3/t19-,22+,23-,29?,31+,35+,36-/m0/s1. The van der Waals surface area contributed by atoms with E-state index in [2.05, 4.69) is 6.58 Å². The number of ether oxygens (including phenoxy) is 5. The monoisotopic (exact) mass is 677 g/mol. The minimum Gasteiger partial charge on any atom is -0.492 e. The Balaban J connectivity index is 1.03. The number of allylic oxidation sites excluding steroid dienone is 2. The molecular formula is C36H39NO12. The topological polar surface area (TPSA) is 171 Å². The van der Waals surface area contributed by atoms with Crippen molar-refractivity contribution in [3.05, 3.63) is 47.0 Å². The molecule has 1 unspecified atom stereocenters. The number of Topliss-reactive ketones (excluding diaryl/α,β-unsaturated/α-hetero) is 2. The van der Waals surface area contributed by atoms with Gasteiger partial charge in [0.15, 0.2) is 17.0 Å². The maximum Gasteiger partial charge on any atom is 0.324 e. The molecule has 2 saturated heterocycles. The summed E-state index contributed by atoms with van der Waals surface area (Å²) in [6, 6.07) is 0. The highest BCUT2D eigenvalue weighted by Gasteiger charge is 2.81. The molecule has 3 heterocycles. The van der Waals surface area contributed by atoms with Crippen LogP contribution in [0.3, 0.4) is 0 Å². The van der Waals surface area contributed by atoms with Gasteiger partial charge >= 0.3 is 23.9 Å². The second-order valence-corrected chi connectivity index (χ2v) is 14.9. The van der Waals surface area contributed by atoms with Crippen LogP contribution in [0, 0.1) is 34.0 Å². The van der Waals surface area contributed by atoms with Gasteiger partial charge in [-0.2, -0.15) is 0 Å². The Morgan fingerprint density at radius 2 is 1.80 bits per heavy atom. The molecule has 4 aliphatic carbocycles. The van der Waals surface area contributed by atoms with Gasteiger partial charge in [0, 0.05) is 43.6 Å². The number of esters is 4. The number of aryl methyl sites for hydroxylation is 1. The molecule has 2 bridgehead atoms. The number of carbonyl (C=O) groups is 7. The summed E-state index contributed by atoms with van der Waals surface area (Å²) < 4.78 is 29.6. The van der Waals surface area contributed by atoms with E-state index >= 15 is 0 Å². The average Bonchev–Trinajstić information content (AvgIpc) is 3.62. The molecule has 0 aromatic carbocycles. The number of methoxy groups -OCH3 is 1. The van der Waals surface area contributed by atoms with Crippen LogP contribution < -0.4 is 0 Å². The third kappa shape index (κ3) is 4.45. The minimum absolute atomic E-state index is 0.0258. The first kappa shape index (κ1) is 33.0. The maximum atomic E-state index is 14.1. The van der Waals surface area contributed by atoms with E-state index in [1.54, 1.807) is 13.2 Å². The molecule has 260 valence electrons. The zero-order valence-electron chi connectivity index (χ0n) is 28.0. The van der Waals surface area contributed by atoms with Crippen molar-refractivity contribution >= 4 is 41.2 Å². The highest BCUT2D eigenvalue weighted by Crippen LogP contribution is 2.71. The van der Waals surface area contributed by atoms with E-state index in [-0.39, 0.29) is 61.0 Å². The molecule has 2 spiro atoms. The number of rotatable bonds is 8. The first-order valence-corrected chi connectivity index (χ1v) is 16.7. The molecule has 13 nitrogen and oxygen atoms in total. The number of nitrogens with zero attached hydrogens (tertiary/aromatic N) is 1. The van der Waals surface area contributed by atoms with Crippen LogP contribution in [0.25, 0.3) is 0 Å². The number of hydrogen-bond acceptors (Lipinski definition) is 12. The highest BCUT2D eigenvalue weighted by molar-refractivity contribution is 6.24. The predicted octanol–water partition coefficient (Wildman–Crippen LogP) is 3.12. The summed E-state index contributed by atoms with van der Waals surface area (Å²) in [7, 11) is 2.90. The molecule has 0 amide bonds. The largest absolute Gasteiger partial charge is 0.492 e. The lowest BCUT2D eigenvalue weighted by Crippen LogP contribution is -2.71. The zero-order valence-corrected chi connectivity index (χ0v) is 28.0. The molecule has 13 heteroatoms. The number of carbonyl (C=O) groups excluding carboxylic acids is 7. The minimum atomic E-state index is -1.82. The molecule has 5 fully saturated rings. The van der Waals surface area contributed by atoms with E-state index in [9.17, 15) is 33.6 Å².